The van der Waals surface area contributed by atoms with Gasteiger partial charge in [-0.15, -0.1) is 0 Å². The molecule has 15 heavy (non-hydrogen) atoms. The number of carbonyl (C=O) groups is 1. The predicted molar refractivity (Wildman–Crippen MR) is 63.5 cm³/mol. The third-order valence-electron chi connectivity index (χ3n) is 1.31. The fraction of sp³-hybridized carbons (Fsp3) is 0.714. The Balaban J connectivity index is 0. The average Bonchev–Trinajstić information content (AvgIpc) is 2.13. The summed E-state index contributed by atoms with van der Waals surface area (Å²) in [5, 5.41) is -0.726. The highest BCUT2D eigenvalue weighted by molar-refractivity contribution is 7.96. The number of primary amides is 1. The standard InChI is InChI=1S/C6H13NO3S.CH3NOS/c1-4-6(8-2,9-3)10-5(7)11;2-1(3)4/h4H2,1-3H3,(H2,7,11);(H3,2,3,4). The first-order valence-electron chi connectivity index (χ1n) is 3.90. The van der Waals surface area contributed by atoms with Crippen molar-refractivity contribution in [3.8, 4) is 0 Å². The first-order chi connectivity index (χ1) is 6.83. The van der Waals surface area contributed by atoms with Crippen molar-refractivity contribution in [3.63, 3.8) is 0 Å². The summed E-state index contributed by atoms with van der Waals surface area (Å²) in [7, 11) is 2.93. The van der Waals surface area contributed by atoms with Crippen LogP contribution in [0.2, 0.25) is 0 Å². The van der Waals surface area contributed by atoms with Gasteiger partial charge < -0.3 is 25.7 Å². The van der Waals surface area contributed by atoms with Crippen LogP contribution in [0.1, 0.15) is 13.3 Å². The lowest BCUT2D eigenvalue weighted by molar-refractivity contribution is -0.329. The number of ether oxygens (including phenoxy) is 3. The maximum atomic E-state index is 9.09. The quantitative estimate of drug-likeness (QED) is 0.387. The fourth-order valence-corrected chi connectivity index (χ4v) is 0.808. The highest BCUT2D eigenvalue weighted by Gasteiger charge is 2.30. The molecule has 0 aliphatic carbocycles. The van der Waals surface area contributed by atoms with E-state index in [9.17, 15) is 0 Å². The van der Waals surface area contributed by atoms with Gasteiger partial charge in [0.2, 0.25) is 0 Å². The van der Waals surface area contributed by atoms with Crippen LogP contribution in [0, 0.1) is 0 Å². The summed E-state index contributed by atoms with van der Waals surface area (Å²) >= 11 is 7.64. The molecule has 0 bridgehead atoms. The van der Waals surface area contributed by atoms with Gasteiger partial charge in [0, 0.05) is 20.6 Å². The van der Waals surface area contributed by atoms with Gasteiger partial charge in [-0.1, -0.05) is 19.6 Å². The minimum Gasteiger partial charge on any atom is -0.414 e. The molecule has 0 atom stereocenters. The summed E-state index contributed by atoms with van der Waals surface area (Å²) < 4.78 is 14.8. The molecule has 6 nitrogen and oxygen atoms in total. The smallest absolute Gasteiger partial charge is 0.327 e. The zero-order valence-corrected chi connectivity index (χ0v) is 10.6. The average molecular weight is 256 g/mol. The number of rotatable bonds is 4. The summed E-state index contributed by atoms with van der Waals surface area (Å²) in [4.78, 5) is 9.09. The number of methoxy groups -OCH3 is 2. The lowest BCUT2D eigenvalue weighted by Crippen LogP contribution is -2.40. The van der Waals surface area contributed by atoms with E-state index < -0.39 is 11.2 Å². The fourth-order valence-electron chi connectivity index (χ4n) is 0.681. The maximum Gasteiger partial charge on any atom is 0.327 e. The zero-order chi connectivity index (χ0) is 12.5. The largest absolute Gasteiger partial charge is 0.414 e. The Hall–Kier alpha value is -0.570. The van der Waals surface area contributed by atoms with E-state index in [0.717, 1.165) is 0 Å². The van der Waals surface area contributed by atoms with Gasteiger partial charge in [0.25, 0.3) is 10.4 Å². The Morgan fingerprint density at radius 3 is 1.80 bits per heavy atom. The van der Waals surface area contributed by atoms with Gasteiger partial charge >= 0.3 is 5.97 Å². The number of hydrogen-bond acceptors (Lipinski definition) is 5. The summed E-state index contributed by atoms with van der Waals surface area (Å²) in [5.41, 5.74) is 9.49. The van der Waals surface area contributed by atoms with Crippen molar-refractivity contribution in [1.29, 1.82) is 0 Å². The molecule has 0 unspecified atom stereocenters. The predicted octanol–water partition coefficient (Wildman–Crippen LogP) is 0.598. The minimum absolute atomic E-state index is 0.0875. The van der Waals surface area contributed by atoms with Gasteiger partial charge in [-0.3, -0.25) is 4.79 Å². The van der Waals surface area contributed by atoms with Crippen molar-refractivity contribution >= 4 is 35.3 Å². The first kappa shape index (κ1) is 16.8. The van der Waals surface area contributed by atoms with E-state index in [1.807, 2.05) is 6.92 Å². The molecule has 0 aromatic heterocycles. The van der Waals surface area contributed by atoms with Gasteiger partial charge in [-0.25, -0.2) is 0 Å². The van der Waals surface area contributed by atoms with E-state index in [4.69, 9.17) is 24.7 Å². The third-order valence-corrected chi connectivity index (χ3v) is 1.39. The number of carbonyl (C=O) groups excluding carboxylic acids is 1. The van der Waals surface area contributed by atoms with E-state index in [1.165, 1.54) is 14.2 Å². The second-order valence-electron chi connectivity index (χ2n) is 2.20. The Morgan fingerprint density at radius 1 is 1.40 bits per heavy atom. The third kappa shape index (κ3) is 9.73. The molecule has 0 aromatic rings. The van der Waals surface area contributed by atoms with Gasteiger partial charge in [0.15, 0.2) is 0 Å². The molecule has 0 fully saturated rings. The van der Waals surface area contributed by atoms with E-state index in [0.29, 0.717) is 6.42 Å². The molecule has 0 spiro atoms. The zero-order valence-electron chi connectivity index (χ0n) is 8.85. The van der Waals surface area contributed by atoms with E-state index in [1.54, 1.807) is 0 Å². The molecule has 0 saturated heterocycles. The Bertz CT molecular complexity index is 197. The highest BCUT2D eigenvalue weighted by atomic mass is 32.1. The van der Waals surface area contributed by atoms with Crippen LogP contribution < -0.4 is 11.5 Å². The Morgan fingerprint density at radius 2 is 1.73 bits per heavy atom. The van der Waals surface area contributed by atoms with Crippen molar-refractivity contribution < 1.29 is 19.0 Å². The molecule has 0 rings (SSSR count). The monoisotopic (exact) mass is 256 g/mol. The van der Waals surface area contributed by atoms with Gasteiger partial charge in [0.1, 0.15) is 0 Å². The lowest BCUT2D eigenvalue weighted by atomic mass is 10.4. The highest BCUT2D eigenvalue weighted by Crippen LogP contribution is 2.16. The van der Waals surface area contributed by atoms with Crippen LogP contribution in [-0.4, -0.2) is 30.6 Å². The molecule has 4 N–H and O–H groups in total. The van der Waals surface area contributed by atoms with Crippen LogP contribution in [0.15, 0.2) is 0 Å². The normalized spacial score (nSPS) is 9.87. The number of thiol groups is 1. The van der Waals surface area contributed by atoms with E-state index in [2.05, 4.69) is 30.6 Å². The van der Waals surface area contributed by atoms with Gasteiger partial charge in [-0.05, 0) is 12.2 Å². The molecule has 0 aromatic carbocycles. The van der Waals surface area contributed by atoms with Crippen molar-refractivity contribution in [2.45, 2.75) is 19.3 Å². The van der Waals surface area contributed by atoms with Crippen LogP contribution in [0.4, 0.5) is 4.79 Å². The van der Waals surface area contributed by atoms with Crippen molar-refractivity contribution in [2.24, 2.45) is 11.5 Å². The number of thiocarbonyl (C=S) groups is 1. The topological polar surface area (TPSA) is 96.8 Å². The van der Waals surface area contributed by atoms with Crippen molar-refractivity contribution in [2.75, 3.05) is 14.2 Å². The molecule has 0 saturated carbocycles. The Kier molecular flexibility index (Phi) is 9.79. The first-order valence-corrected chi connectivity index (χ1v) is 4.76. The number of amides is 1. The molecule has 8 heteroatoms. The summed E-state index contributed by atoms with van der Waals surface area (Å²) in [6, 6.07) is 0. The van der Waals surface area contributed by atoms with Crippen molar-refractivity contribution in [3.05, 3.63) is 0 Å². The summed E-state index contributed by atoms with van der Waals surface area (Å²) in [5.74, 6) is -1.12. The maximum absolute atomic E-state index is 9.09. The van der Waals surface area contributed by atoms with Gasteiger partial charge in [-0.2, -0.15) is 0 Å². The molecule has 0 heterocycles. The Labute approximate surface area is 99.6 Å². The van der Waals surface area contributed by atoms with Crippen LogP contribution in [0.3, 0.4) is 0 Å². The van der Waals surface area contributed by atoms with Crippen LogP contribution in [-0.2, 0) is 14.2 Å². The molecule has 0 aliphatic rings. The number of hydrogen-bond donors (Lipinski definition) is 3. The molecule has 1 amide bonds. The van der Waals surface area contributed by atoms with Crippen molar-refractivity contribution in [1.82, 2.24) is 0 Å². The number of nitrogens with two attached hydrogens (primary N) is 2. The molecule has 90 valence electrons. The lowest BCUT2D eigenvalue weighted by Gasteiger charge is -2.28. The van der Waals surface area contributed by atoms with E-state index >= 15 is 0 Å². The van der Waals surface area contributed by atoms with Gasteiger partial charge in [0.05, 0.1) is 0 Å². The van der Waals surface area contributed by atoms with Crippen LogP contribution in [0.5, 0.6) is 0 Å². The minimum atomic E-state index is -1.12. The van der Waals surface area contributed by atoms with E-state index in [-0.39, 0.29) is 5.17 Å². The second-order valence-corrected chi connectivity index (χ2v) is 3.05. The molecular weight excluding hydrogens is 240 g/mol. The SMILES string of the molecule is CCC(OC)(OC)OC(N)=S.NC(=O)S. The molecule has 0 aliphatic heterocycles. The molecular formula is C7H16N2O4S2. The van der Waals surface area contributed by atoms with Crippen LogP contribution in [0.25, 0.3) is 0 Å². The second kappa shape index (κ2) is 8.72. The van der Waals surface area contributed by atoms with Crippen LogP contribution >= 0.6 is 24.8 Å². The molecule has 0 radical (unpaired) electrons. The summed E-state index contributed by atoms with van der Waals surface area (Å²) in [6.45, 7) is 1.84. The summed E-state index contributed by atoms with van der Waals surface area (Å²) in [6.07, 6.45) is 0.511.